The van der Waals surface area contributed by atoms with E-state index in [1.807, 2.05) is 11.3 Å². The second kappa shape index (κ2) is 4.15. The highest BCUT2D eigenvalue weighted by atomic mass is 79.9. The molecule has 1 fully saturated rings. The number of nitrogens with zero attached hydrogens (tertiary/aromatic N) is 1. The lowest BCUT2D eigenvalue weighted by Crippen LogP contribution is -2.10. The van der Waals surface area contributed by atoms with E-state index in [4.69, 9.17) is 4.98 Å². The molecule has 2 atom stereocenters. The second-order valence-corrected chi connectivity index (χ2v) is 7.05. The summed E-state index contributed by atoms with van der Waals surface area (Å²) in [5, 5.41) is 4.72. The van der Waals surface area contributed by atoms with E-state index in [9.17, 15) is 0 Å². The van der Waals surface area contributed by atoms with E-state index in [0.717, 1.165) is 29.0 Å². The van der Waals surface area contributed by atoms with Crippen LogP contribution in [0, 0.1) is 5.92 Å². The molecule has 92 valence electrons. The van der Waals surface area contributed by atoms with Gasteiger partial charge in [-0.15, -0.1) is 11.3 Å². The number of fused-ring (bicyclic) bond motifs is 2. The van der Waals surface area contributed by atoms with E-state index in [1.54, 1.807) is 5.57 Å². The van der Waals surface area contributed by atoms with Crippen LogP contribution in [0.5, 0.6) is 0 Å². The minimum Gasteiger partial charge on any atom is -0.312 e. The molecule has 1 aromatic heterocycles. The van der Waals surface area contributed by atoms with E-state index in [0.29, 0.717) is 5.92 Å². The molecule has 1 aliphatic heterocycles. The summed E-state index contributed by atoms with van der Waals surface area (Å²) in [6.45, 7) is 2.23. The van der Waals surface area contributed by atoms with Crippen LogP contribution in [-0.4, -0.2) is 18.1 Å². The van der Waals surface area contributed by atoms with Crippen molar-refractivity contribution in [2.45, 2.75) is 12.3 Å². The van der Waals surface area contributed by atoms with Crippen molar-refractivity contribution in [1.29, 1.82) is 0 Å². The molecule has 0 radical (unpaired) electrons. The number of aromatic nitrogens is 1. The summed E-state index contributed by atoms with van der Waals surface area (Å²) in [6, 6.07) is 6.36. The molecule has 18 heavy (non-hydrogen) atoms. The summed E-state index contributed by atoms with van der Waals surface area (Å²) in [5.41, 5.74) is 2.72. The SMILES string of the molecule is Brc1ccc2sc(C3C=C4CNCC4C3)nc2c1. The number of hydrogen-bond acceptors (Lipinski definition) is 3. The Kier molecular flexibility index (Phi) is 2.57. The molecule has 1 aromatic carbocycles. The zero-order valence-corrected chi connectivity index (χ0v) is 12.2. The standard InChI is InChI=1S/C14H13BrN2S/c15-11-1-2-13-12(5-11)17-14(18-13)8-3-9-6-16-7-10(9)4-8/h1-3,5,8,10,16H,4,6-7H2. The zero-order chi connectivity index (χ0) is 12.1. The summed E-state index contributed by atoms with van der Waals surface area (Å²) >= 11 is 5.35. The topological polar surface area (TPSA) is 24.9 Å². The number of allylic oxidation sites excluding steroid dienone is 1. The van der Waals surface area contributed by atoms with Crippen molar-refractivity contribution in [2.24, 2.45) is 5.92 Å². The summed E-state index contributed by atoms with van der Waals surface area (Å²) in [5.74, 6) is 1.30. The van der Waals surface area contributed by atoms with E-state index >= 15 is 0 Å². The summed E-state index contributed by atoms with van der Waals surface area (Å²) in [6.07, 6.45) is 3.68. The van der Waals surface area contributed by atoms with E-state index < -0.39 is 0 Å². The molecule has 2 nitrogen and oxygen atoms in total. The van der Waals surface area contributed by atoms with Gasteiger partial charge in [-0.05, 0) is 30.5 Å². The van der Waals surface area contributed by atoms with E-state index in [2.05, 4.69) is 45.5 Å². The zero-order valence-electron chi connectivity index (χ0n) is 9.82. The Morgan fingerprint density at radius 3 is 3.22 bits per heavy atom. The van der Waals surface area contributed by atoms with Crippen LogP contribution in [0.15, 0.2) is 34.3 Å². The summed E-state index contributed by atoms with van der Waals surface area (Å²) in [4.78, 5) is 4.81. The highest BCUT2D eigenvalue weighted by Crippen LogP contribution is 2.41. The van der Waals surface area contributed by atoms with Crippen LogP contribution in [0.4, 0.5) is 0 Å². The van der Waals surface area contributed by atoms with Gasteiger partial charge in [0.05, 0.1) is 10.2 Å². The Balaban J connectivity index is 1.73. The van der Waals surface area contributed by atoms with Crippen LogP contribution in [0.25, 0.3) is 10.2 Å². The molecule has 2 aliphatic rings. The van der Waals surface area contributed by atoms with E-state index in [1.165, 1.54) is 16.1 Å². The fourth-order valence-electron chi connectivity index (χ4n) is 2.98. The van der Waals surface area contributed by atoms with Crippen LogP contribution in [0.2, 0.25) is 0 Å². The molecule has 0 amide bonds. The molecule has 0 saturated carbocycles. The number of rotatable bonds is 1. The van der Waals surface area contributed by atoms with Crippen molar-refractivity contribution in [3.63, 3.8) is 0 Å². The maximum atomic E-state index is 4.81. The maximum Gasteiger partial charge on any atom is 0.101 e. The van der Waals surface area contributed by atoms with Gasteiger partial charge >= 0.3 is 0 Å². The van der Waals surface area contributed by atoms with Gasteiger partial charge in [-0.3, -0.25) is 0 Å². The number of benzene rings is 1. The average Bonchev–Trinajstić information content (AvgIpc) is 2.99. The van der Waals surface area contributed by atoms with Crippen LogP contribution < -0.4 is 5.32 Å². The van der Waals surface area contributed by atoms with Crippen molar-refractivity contribution in [3.05, 3.63) is 39.3 Å². The summed E-state index contributed by atoms with van der Waals surface area (Å²) in [7, 11) is 0. The lowest BCUT2D eigenvalue weighted by Gasteiger charge is -2.06. The predicted octanol–water partition coefficient (Wildman–Crippen LogP) is 3.69. The average molecular weight is 321 g/mol. The van der Waals surface area contributed by atoms with Crippen molar-refractivity contribution in [1.82, 2.24) is 10.3 Å². The molecule has 0 spiro atoms. The number of thiazole rings is 1. The highest BCUT2D eigenvalue weighted by Gasteiger charge is 2.31. The Morgan fingerprint density at radius 2 is 2.33 bits per heavy atom. The fraction of sp³-hybridized carbons (Fsp3) is 0.357. The third kappa shape index (κ3) is 1.75. The third-order valence-electron chi connectivity index (χ3n) is 3.88. The molecule has 4 heteroatoms. The van der Waals surface area contributed by atoms with Gasteiger partial charge in [-0.1, -0.05) is 27.6 Å². The first-order valence-corrected chi connectivity index (χ1v) is 7.88. The van der Waals surface area contributed by atoms with Crippen LogP contribution in [0.3, 0.4) is 0 Å². The van der Waals surface area contributed by atoms with Gasteiger partial charge in [-0.2, -0.15) is 0 Å². The monoisotopic (exact) mass is 320 g/mol. The van der Waals surface area contributed by atoms with Crippen LogP contribution >= 0.6 is 27.3 Å². The molecule has 2 unspecified atom stereocenters. The lowest BCUT2D eigenvalue weighted by molar-refractivity contribution is 0.595. The highest BCUT2D eigenvalue weighted by molar-refractivity contribution is 9.10. The van der Waals surface area contributed by atoms with E-state index in [-0.39, 0.29) is 0 Å². The molecule has 4 rings (SSSR count). The van der Waals surface area contributed by atoms with Gasteiger partial charge in [-0.25, -0.2) is 4.98 Å². The first-order chi connectivity index (χ1) is 8.79. The minimum absolute atomic E-state index is 0.545. The Labute approximate surface area is 118 Å². The van der Waals surface area contributed by atoms with Crippen molar-refractivity contribution in [3.8, 4) is 0 Å². The van der Waals surface area contributed by atoms with Gasteiger partial charge in [0.25, 0.3) is 0 Å². The molecule has 0 bridgehead atoms. The van der Waals surface area contributed by atoms with Crippen LogP contribution in [-0.2, 0) is 0 Å². The molecule has 2 heterocycles. The maximum absolute atomic E-state index is 4.81. The lowest BCUT2D eigenvalue weighted by atomic mass is 10.0. The normalized spacial score (nSPS) is 26.6. The molecule has 1 saturated heterocycles. The Hall–Kier alpha value is -0.710. The quantitative estimate of drug-likeness (QED) is 0.810. The first-order valence-electron chi connectivity index (χ1n) is 6.27. The number of hydrogen-bond donors (Lipinski definition) is 1. The van der Waals surface area contributed by atoms with Gasteiger partial charge < -0.3 is 5.32 Å². The predicted molar refractivity (Wildman–Crippen MR) is 79.1 cm³/mol. The first kappa shape index (κ1) is 11.1. The van der Waals surface area contributed by atoms with Gasteiger partial charge in [0, 0.05) is 23.5 Å². The fourth-order valence-corrected chi connectivity index (χ4v) is 4.36. The largest absolute Gasteiger partial charge is 0.312 e. The van der Waals surface area contributed by atoms with Crippen molar-refractivity contribution in [2.75, 3.05) is 13.1 Å². The van der Waals surface area contributed by atoms with Gasteiger partial charge in [0.2, 0.25) is 0 Å². The number of halogens is 1. The minimum atomic E-state index is 0.545. The van der Waals surface area contributed by atoms with Crippen LogP contribution in [0.1, 0.15) is 17.3 Å². The molecule has 1 aliphatic carbocycles. The van der Waals surface area contributed by atoms with Crippen molar-refractivity contribution >= 4 is 37.5 Å². The van der Waals surface area contributed by atoms with Gasteiger partial charge in [0.1, 0.15) is 5.01 Å². The molecular weight excluding hydrogens is 308 g/mol. The third-order valence-corrected chi connectivity index (χ3v) is 5.54. The van der Waals surface area contributed by atoms with Crippen molar-refractivity contribution < 1.29 is 0 Å². The smallest absolute Gasteiger partial charge is 0.101 e. The van der Waals surface area contributed by atoms with Gasteiger partial charge in [0.15, 0.2) is 0 Å². The second-order valence-electron chi connectivity index (χ2n) is 5.08. The molecular formula is C14H13BrN2S. The Morgan fingerprint density at radius 1 is 1.39 bits per heavy atom. The molecule has 2 aromatic rings. The molecule has 1 N–H and O–H groups in total. The Bertz CT molecular complexity index is 646. The summed E-state index contributed by atoms with van der Waals surface area (Å²) < 4.78 is 2.40. The number of nitrogens with one attached hydrogen (secondary N) is 1.